The molecular formula is C17H27ClN2O. The van der Waals surface area contributed by atoms with E-state index in [2.05, 4.69) is 55.7 Å². The molecule has 118 valence electrons. The third-order valence-corrected chi connectivity index (χ3v) is 4.17. The van der Waals surface area contributed by atoms with Gasteiger partial charge in [-0.15, -0.1) is 12.4 Å². The van der Waals surface area contributed by atoms with Gasteiger partial charge in [0, 0.05) is 18.5 Å². The van der Waals surface area contributed by atoms with Gasteiger partial charge < -0.3 is 10.6 Å². The molecule has 0 spiro atoms. The third kappa shape index (κ3) is 5.01. The van der Waals surface area contributed by atoms with Crippen molar-refractivity contribution in [3.63, 3.8) is 0 Å². The lowest BCUT2D eigenvalue weighted by Crippen LogP contribution is -2.44. The predicted molar refractivity (Wildman–Crippen MR) is 90.1 cm³/mol. The Morgan fingerprint density at radius 1 is 1.43 bits per heavy atom. The minimum atomic E-state index is -0.0379. The van der Waals surface area contributed by atoms with Gasteiger partial charge in [-0.05, 0) is 31.9 Å². The third-order valence-electron chi connectivity index (χ3n) is 4.17. The second-order valence-corrected chi connectivity index (χ2v) is 6.51. The standard InChI is InChI=1S/C17H26N2O.ClH/c1-13-6-4-8-15(10-13)17(2,3)12-19-16(20)14-7-5-9-18-11-14;/h4,6,8,10,14,18H,5,7,9,11-12H2,1-3H3,(H,19,20);1H. The van der Waals surface area contributed by atoms with Crippen molar-refractivity contribution in [2.24, 2.45) is 5.92 Å². The van der Waals surface area contributed by atoms with Crippen molar-refractivity contribution in [1.29, 1.82) is 0 Å². The average Bonchev–Trinajstić information content (AvgIpc) is 2.46. The molecule has 1 aromatic carbocycles. The second-order valence-electron chi connectivity index (χ2n) is 6.51. The van der Waals surface area contributed by atoms with Gasteiger partial charge in [-0.2, -0.15) is 0 Å². The van der Waals surface area contributed by atoms with Gasteiger partial charge in [0.25, 0.3) is 0 Å². The van der Waals surface area contributed by atoms with Crippen LogP contribution in [0.4, 0.5) is 0 Å². The monoisotopic (exact) mass is 310 g/mol. The van der Waals surface area contributed by atoms with Crippen molar-refractivity contribution in [3.05, 3.63) is 35.4 Å². The van der Waals surface area contributed by atoms with E-state index in [-0.39, 0.29) is 29.6 Å². The molecule has 21 heavy (non-hydrogen) atoms. The van der Waals surface area contributed by atoms with E-state index in [1.165, 1.54) is 11.1 Å². The number of benzene rings is 1. The number of halogens is 1. The molecule has 4 heteroatoms. The van der Waals surface area contributed by atoms with Crippen molar-refractivity contribution in [3.8, 4) is 0 Å². The van der Waals surface area contributed by atoms with Crippen LogP contribution in [0.5, 0.6) is 0 Å². The summed E-state index contributed by atoms with van der Waals surface area (Å²) in [7, 11) is 0. The summed E-state index contributed by atoms with van der Waals surface area (Å²) in [6.07, 6.45) is 2.10. The fraction of sp³-hybridized carbons (Fsp3) is 0.588. The number of aryl methyl sites for hydroxylation is 1. The summed E-state index contributed by atoms with van der Waals surface area (Å²) in [5, 5.41) is 6.42. The first-order valence-electron chi connectivity index (χ1n) is 7.54. The Balaban J connectivity index is 0.00000220. The predicted octanol–water partition coefficient (Wildman–Crippen LogP) is 2.81. The summed E-state index contributed by atoms with van der Waals surface area (Å²) < 4.78 is 0. The molecule has 1 atom stereocenters. The molecular weight excluding hydrogens is 284 g/mol. The molecule has 1 unspecified atom stereocenters. The summed E-state index contributed by atoms with van der Waals surface area (Å²) in [5.41, 5.74) is 2.50. The van der Waals surface area contributed by atoms with Crippen molar-refractivity contribution >= 4 is 18.3 Å². The first kappa shape index (κ1) is 18.0. The number of nitrogens with one attached hydrogen (secondary N) is 2. The Morgan fingerprint density at radius 2 is 2.19 bits per heavy atom. The number of carbonyl (C=O) groups excluding carboxylic acids is 1. The van der Waals surface area contributed by atoms with Crippen LogP contribution in [0.2, 0.25) is 0 Å². The molecule has 0 aromatic heterocycles. The summed E-state index contributed by atoms with van der Waals surface area (Å²) in [5.74, 6) is 0.329. The molecule has 3 nitrogen and oxygen atoms in total. The lowest BCUT2D eigenvalue weighted by molar-refractivity contribution is -0.125. The highest BCUT2D eigenvalue weighted by atomic mass is 35.5. The Bertz CT molecular complexity index is 468. The molecule has 2 rings (SSSR count). The molecule has 1 fully saturated rings. The van der Waals surface area contributed by atoms with Crippen molar-refractivity contribution in [2.75, 3.05) is 19.6 Å². The number of amides is 1. The average molecular weight is 311 g/mol. The molecule has 0 saturated carbocycles. The van der Waals surface area contributed by atoms with Crippen molar-refractivity contribution in [2.45, 2.75) is 39.0 Å². The fourth-order valence-corrected chi connectivity index (χ4v) is 2.70. The first-order valence-corrected chi connectivity index (χ1v) is 7.54. The smallest absolute Gasteiger partial charge is 0.224 e. The van der Waals surface area contributed by atoms with Crippen LogP contribution in [0.15, 0.2) is 24.3 Å². The maximum absolute atomic E-state index is 12.2. The highest BCUT2D eigenvalue weighted by molar-refractivity contribution is 5.85. The molecule has 1 aliphatic heterocycles. The van der Waals surface area contributed by atoms with E-state index in [4.69, 9.17) is 0 Å². The second kappa shape index (κ2) is 7.81. The Morgan fingerprint density at radius 3 is 2.81 bits per heavy atom. The summed E-state index contributed by atoms with van der Waals surface area (Å²) in [4.78, 5) is 12.2. The van der Waals surface area contributed by atoms with Crippen LogP contribution in [0.1, 0.15) is 37.8 Å². The van der Waals surface area contributed by atoms with E-state index in [9.17, 15) is 4.79 Å². The van der Waals surface area contributed by atoms with E-state index in [0.717, 1.165) is 25.9 Å². The van der Waals surface area contributed by atoms with Crippen molar-refractivity contribution < 1.29 is 4.79 Å². The zero-order valence-corrected chi connectivity index (χ0v) is 14.1. The molecule has 2 N–H and O–H groups in total. The quantitative estimate of drug-likeness (QED) is 0.898. The number of hydrogen-bond donors (Lipinski definition) is 2. The van der Waals surface area contributed by atoms with Crippen LogP contribution in [0.25, 0.3) is 0 Å². The molecule has 1 heterocycles. The van der Waals surface area contributed by atoms with Gasteiger partial charge in [-0.1, -0.05) is 43.7 Å². The normalized spacial score (nSPS) is 18.7. The van der Waals surface area contributed by atoms with Crippen LogP contribution in [-0.4, -0.2) is 25.5 Å². The molecule has 1 saturated heterocycles. The van der Waals surface area contributed by atoms with Gasteiger partial charge in [0.1, 0.15) is 0 Å². The SMILES string of the molecule is Cc1cccc(C(C)(C)CNC(=O)C2CCCNC2)c1.Cl. The van der Waals surface area contributed by atoms with Crippen LogP contribution >= 0.6 is 12.4 Å². The Kier molecular flexibility index (Phi) is 6.69. The highest BCUT2D eigenvalue weighted by Crippen LogP contribution is 2.23. The van der Waals surface area contributed by atoms with E-state index in [0.29, 0.717) is 6.54 Å². The van der Waals surface area contributed by atoms with E-state index in [1.54, 1.807) is 0 Å². The van der Waals surface area contributed by atoms with E-state index < -0.39 is 0 Å². The van der Waals surface area contributed by atoms with Gasteiger partial charge in [0.2, 0.25) is 5.91 Å². The molecule has 1 amide bonds. The fourth-order valence-electron chi connectivity index (χ4n) is 2.70. The number of carbonyl (C=O) groups is 1. The summed E-state index contributed by atoms with van der Waals surface area (Å²) in [6, 6.07) is 8.53. The minimum Gasteiger partial charge on any atom is -0.355 e. The van der Waals surface area contributed by atoms with Gasteiger partial charge in [-0.25, -0.2) is 0 Å². The lowest BCUT2D eigenvalue weighted by Gasteiger charge is -2.28. The molecule has 1 aliphatic rings. The molecule has 1 aromatic rings. The van der Waals surface area contributed by atoms with Crippen LogP contribution < -0.4 is 10.6 Å². The number of hydrogen-bond acceptors (Lipinski definition) is 2. The molecule has 0 aliphatic carbocycles. The molecule has 0 radical (unpaired) electrons. The van der Waals surface area contributed by atoms with Gasteiger partial charge in [-0.3, -0.25) is 4.79 Å². The Hall–Kier alpha value is -1.06. The summed E-state index contributed by atoms with van der Waals surface area (Å²) in [6.45, 7) is 9.01. The van der Waals surface area contributed by atoms with E-state index in [1.807, 2.05) is 0 Å². The maximum atomic E-state index is 12.2. The number of rotatable bonds is 4. The zero-order valence-electron chi connectivity index (χ0n) is 13.2. The highest BCUT2D eigenvalue weighted by Gasteiger charge is 2.25. The van der Waals surface area contributed by atoms with Gasteiger partial charge >= 0.3 is 0 Å². The van der Waals surface area contributed by atoms with E-state index >= 15 is 0 Å². The molecule has 0 bridgehead atoms. The van der Waals surface area contributed by atoms with Crippen LogP contribution in [0.3, 0.4) is 0 Å². The largest absolute Gasteiger partial charge is 0.355 e. The summed E-state index contributed by atoms with van der Waals surface area (Å²) >= 11 is 0. The lowest BCUT2D eigenvalue weighted by atomic mass is 9.83. The van der Waals surface area contributed by atoms with Crippen LogP contribution in [-0.2, 0) is 10.2 Å². The van der Waals surface area contributed by atoms with Crippen LogP contribution in [0, 0.1) is 12.8 Å². The van der Waals surface area contributed by atoms with Gasteiger partial charge in [0.05, 0.1) is 5.92 Å². The number of piperidine rings is 1. The topological polar surface area (TPSA) is 41.1 Å². The Labute approximate surface area is 134 Å². The first-order chi connectivity index (χ1) is 9.49. The minimum absolute atomic E-state index is 0. The van der Waals surface area contributed by atoms with Gasteiger partial charge in [0.15, 0.2) is 0 Å². The van der Waals surface area contributed by atoms with Crippen molar-refractivity contribution in [1.82, 2.24) is 10.6 Å². The zero-order chi connectivity index (χ0) is 14.6. The maximum Gasteiger partial charge on any atom is 0.224 e.